The van der Waals surface area contributed by atoms with Crippen molar-refractivity contribution in [1.29, 1.82) is 0 Å². The van der Waals surface area contributed by atoms with Gasteiger partial charge in [-0.05, 0) is 79.1 Å². The van der Waals surface area contributed by atoms with Gasteiger partial charge in [-0.25, -0.2) is 9.59 Å². The second-order valence-corrected chi connectivity index (χ2v) is 11.1. The SMILES string of the molecule is CC(C)(C)OC(=O)N1C[C@@H]2CC[C@H](O)[C@@H]21.CC(C)(C)OC(=O)N1C[C@H]2CC[C@@H](O)[C@H]21. The molecule has 4 aliphatic rings. The number of rotatable bonds is 0. The van der Waals surface area contributed by atoms with E-state index in [1.54, 1.807) is 9.80 Å². The predicted molar refractivity (Wildman–Crippen MR) is 111 cm³/mol. The summed E-state index contributed by atoms with van der Waals surface area (Å²) in [7, 11) is 0. The van der Waals surface area contributed by atoms with Crippen LogP contribution in [-0.4, -0.2) is 80.8 Å². The van der Waals surface area contributed by atoms with Crippen LogP contribution < -0.4 is 0 Å². The number of carbonyl (C=O) groups is 2. The van der Waals surface area contributed by atoms with Crippen LogP contribution in [0.4, 0.5) is 9.59 Å². The van der Waals surface area contributed by atoms with Crippen molar-refractivity contribution in [3.8, 4) is 0 Å². The van der Waals surface area contributed by atoms with Gasteiger partial charge in [0.2, 0.25) is 0 Å². The maximum Gasteiger partial charge on any atom is 0.410 e. The summed E-state index contributed by atoms with van der Waals surface area (Å²) in [5.74, 6) is 0.986. The van der Waals surface area contributed by atoms with Crippen molar-refractivity contribution in [3.63, 3.8) is 0 Å². The molecule has 2 aliphatic carbocycles. The molecule has 2 N–H and O–H groups in total. The van der Waals surface area contributed by atoms with Gasteiger partial charge in [-0.3, -0.25) is 0 Å². The minimum Gasteiger partial charge on any atom is -0.444 e. The maximum absolute atomic E-state index is 11.7. The lowest BCUT2D eigenvalue weighted by Gasteiger charge is -2.45. The minimum atomic E-state index is -0.453. The number of amides is 2. The Hall–Kier alpha value is -1.54. The number of aliphatic hydroxyl groups excluding tert-OH is 2. The molecule has 0 bridgehead atoms. The summed E-state index contributed by atoms with van der Waals surface area (Å²) in [5.41, 5.74) is -0.905. The molecule has 0 aromatic rings. The van der Waals surface area contributed by atoms with E-state index in [0.717, 1.165) is 38.8 Å². The number of ether oxygens (including phenoxy) is 2. The lowest BCUT2D eigenvalue weighted by atomic mass is 9.92. The Morgan fingerprint density at radius 3 is 1.30 bits per heavy atom. The summed E-state index contributed by atoms with van der Waals surface area (Å²) in [6.45, 7) is 12.6. The Labute approximate surface area is 179 Å². The molecule has 2 saturated heterocycles. The van der Waals surface area contributed by atoms with Crippen molar-refractivity contribution in [2.45, 2.75) is 103 Å². The van der Waals surface area contributed by atoms with Gasteiger partial charge in [0.15, 0.2) is 0 Å². The van der Waals surface area contributed by atoms with Crippen LogP contribution in [0.15, 0.2) is 0 Å². The molecule has 4 rings (SSSR count). The number of aliphatic hydroxyl groups is 2. The molecule has 0 unspecified atom stereocenters. The summed E-state index contributed by atoms with van der Waals surface area (Å²) in [6, 6.07) is 0.0275. The molecule has 0 aromatic heterocycles. The number of nitrogens with zero attached hydrogens (tertiary/aromatic N) is 2. The Kier molecular flexibility index (Phi) is 6.31. The zero-order valence-corrected chi connectivity index (χ0v) is 19.1. The summed E-state index contributed by atoms with van der Waals surface area (Å²) >= 11 is 0. The first-order valence-electron chi connectivity index (χ1n) is 11.1. The van der Waals surface area contributed by atoms with E-state index in [9.17, 15) is 19.8 Å². The van der Waals surface area contributed by atoms with Gasteiger partial charge in [0.05, 0.1) is 24.3 Å². The van der Waals surface area contributed by atoms with E-state index in [4.69, 9.17) is 9.47 Å². The maximum atomic E-state index is 11.7. The normalized spacial score (nSPS) is 34.7. The summed E-state index contributed by atoms with van der Waals surface area (Å²) in [6.07, 6.45) is 2.42. The quantitative estimate of drug-likeness (QED) is 0.618. The largest absolute Gasteiger partial charge is 0.444 e. The van der Waals surface area contributed by atoms with Gasteiger partial charge in [0.25, 0.3) is 0 Å². The van der Waals surface area contributed by atoms with Gasteiger partial charge in [-0.15, -0.1) is 0 Å². The molecule has 30 heavy (non-hydrogen) atoms. The minimum absolute atomic E-state index is 0.0137. The number of fused-ring (bicyclic) bond motifs is 2. The highest BCUT2D eigenvalue weighted by Gasteiger charge is 2.51. The first kappa shape index (κ1) is 23.1. The molecule has 172 valence electrons. The molecule has 2 aliphatic heterocycles. The number of hydrogen-bond donors (Lipinski definition) is 2. The summed E-state index contributed by atoms with van der Waals surface area (Å²) < 4.78 is 10.5. The van der Waals surface area contributed by atoms with E-state index < -0.39 is 11.2 Å². The van der Waals surface area contributed by atoms with Crippen molar-refractivity contribution in [1.82, 2.24) is 9.80 Å². The fraction of sp³-hybridized carbons (Fsp3) is 0.909. The Bertz CT molecular complexity index is 587. The van der Waals surface area contributed by atoms with Gasteiger partial charge in [-0.1, -0.05) is 0 Å². The smallest absolute Gasteiger partial charge is 0.410 e. The van der Waals surface area contributed by atoms with Gasteiger partial charge in [0.1, 0.15) is 11.2 Å². The first-order chi connectivity index (χ1) is 13.8. The summed E-state index contributed by atoms with van der Waals surface area (Å²) in [5, 5.41) is 19.4. The van der Waals surface area contributed by atoms with Gasteiger partial charge in [-0.2, -0.15) is 0 Å². The second kappa shape index (κ2) is 8.19. The molecule has 2 saturated carbocycles. The fourth-order valence-electron chi connectivity index (χ4n) is 4.91. The predicted octanol–water partition coefficient (Wildman–Crippen LogP) is 2.75. The second-order valence-electron chi connectivity index (χ2n) is 11.1. The van der Waals surface area contributed by atoms with Crippen molar-refractivity contribution in [3.05, 3.63) is 0 Å². The van der Waals surface area contributed by atoms with Gasteiger partial charge >= 0.3 is 12.2 Å². The zero-order valence-electron chi connectivity index (χ0n) is 19.1. The monoisotopic (exact) mass is 426 g/mol. The highest BCUT2D eigenvalue weighted by atomic mass is 16.6. The number of carbonyl (C=O) groups excluding carboxylic acids is 2. The van der Waals surface area contributed by atoms with Crippen LogP contribution in [0.3, 0.4) is 0 Å². The molecule has 2 heterocycles. The molecule has 0 spiro atoms. The third-order valence-electron chi connectivity index (χ3n) is 6.26. The van der Waals surface area contributed by atoms with Crippen molar-refractivity contribution >= 4 is 12.2 Å². The van der Waals surface area contributed by atoms with E-state index in [0.29, 0.717) is 11.8 Å². The molecule has 4 fully saturated rings. The van der Waals surface area contributed by atoms with E-state index in [2.05, 4.69) is 0 Å². The molecule has 0 aromatic carbocycles. The Balaban J connectivity index is 0.000000171. The third kappa shape index (κ3) is 5.02. The first-order valence-corrected chi connectivity index (χ1v) is 11.1. The van der Waals surface area contributed by atoms with Crippen LogP contribution in [-0.2, 0) is 9.47 Å². The highest BCUT2D eigenvalue weighted by Crippen LogP contribution is 2.40. The standard InChI is InChI=1S/2C11H19NO3/c2*1-11(2,3)15-10(14)12-6-7-4-5-8(13)9(7)12/h2*7-9,13H,4-6H2,1-3H3/t2*7-,8-,9+/m10/s1. The summed E-state index contributed by atoms with van der Waals surface area (Å²) in [4.78, 5) is 26.8. The average molecular weight is 427 g/mol. The van der Waals surface area contributed by atoms with Gasteiger partial charge in [0, 0.05) is 13.1 Å². The topological polar surface area (TPSA) is 99.5 Å². The fourth-order valence-corrected chi connectivity index (χ4v) is 4.91. The molecule has 6 atom stereocenters. The van der Waals surface area contributed by atoms with E-state index in [-0.39, 0.29) is 36.5 Å². The average Bonchev–Trinajstić information content (AvgIpc) is 2.91. The lowest BCUT2D eigenvalue weighted by Crippen LogP contribution is -2.60. The molecule has 2 amide bonds. The van der Waals surface area contributed by atoms with E-state index >= 15 is 0 Å². The Morgan fingerprint density at radius 1 is 0.700 bits per heavy atom. The van der Waals surface area contributed by atoms with Crippen LogP contribution in [0.1, 0.15) is 67.2 Å². The van der Waals surface area contributed by atoms with Crippen LogP contribution in [0.5, 0.6) is 0 Å². The molecule has 8 nitrogen and oxygen atoms in total. The van der Waals surface area contributed by atoms with Crippen LogP contribution >= 0.6 is 0 Å². The third-order valence-corrected chi connectivity index (χ3v) is 6.26. The molecule has 0 radical (unpaired) electrons. The lowest BCUT2D eigenvalue weighted by molar-refractivity contribution is -0.0480. The van der Waals surface area contributed by atoms with Crippen molar-refractivity contribution < 1.29 is 29.3 Å². The van der Waals surface area contributed by atoms with E-state index in [1.165, 1.54) is 0 Å². The number of hydrogen-bond acceptors (Lipinski definition) is 6. The number of likely N-dealkylation sites (tertiary alicyclic amines) is 2. The molecular formula is C22H38N2O6. The molecule has 8 heteroatoms. The molecular weight excluding hydrogens is 388 g/mol. The highest BCUT2D eigenvalue weighted by molar-refractivity contribution is 5.70. The zero-order chi connectivity index (χ0) is 22.4. The van der Waals surface area contributed by atoms with Crippen LogP contribution in [0.2, 0.25) is 0 Å². The van der Waals surface area contributed by atoms with Crippen molar-refractivity contribution in [2.24, 2.45) is 11.8 Å². The van der Waals surface area contributed by atoms with E-state index in [1.807, 2.05) is 41.5 Å². The van der Waals surface area contributed by atoms with Crippen LogP contribution in [0, 0.1) is 11.8 Å². The van der Waals surface area contributed by atoms with Gasteiger partial charge < -0.3 is 29.5 Å². The van der Waals surface area contributed by atoms with Crippen molar-refractivity contribution in [2.75, 3.05) is 13.1 Å². The Morgan fingerprint density at radius 2 is 1.03 bits per heavy atom. The van der Waals surface area contributed by atoms with Crippen LogP contribution in [0.25, 0.3) is 0 Å².